The smallest absolute Gasteiger partial charge is 0.130 e. The van der Waals surface area contributed by atoms with Crippen molar-refractivity contribution in [1.82, 2.24) is 0 Å². The van der Waals surface area contributed by atoms with E-state index in [1.54, 1.807) is 0 Å². The number of epoxide rings is 1. The molecule has 23 heavy (non-hydrogen) atoms. The molecule has 0 radical (unpaired) electrons. The second-order valence-electron chi connectivity index (χ2n) is 7.33. The van der Waals surface area contributed by atoms with E-state index in [0.29, 0.717) is 6.10 Å². The van der Waals surface area contributed by atoms with Crippen LogP contribution in [0, 0.1) is 0 Å². The normalized spacial score (nSPS) is 17.2. The van der Waals surface area contributed by atoms with Crippen LogP contribution in [0.5, 0.6) is 0 Å². The first-order valence-electron chi connectivity index (χ1n) is 9.95. The van der Waals surface area contributed by atoms with Gasteiger partial charge in [0.25, 0.3) is 0 Å². The van der Waals surface area contributed by atoms with Crippen LogP contribution in [0.15, 0.2) is 25.3 Å². The molecule has 1 rings (SSSR count). The number of ether oxygens (including phenoxy) is 1. The molecule has 1 unspecified atom stereocenters. The average molecular weight is 323 g/mol. The van der Waals surface area contributed by atoms with Crippen molar-refractivity contribution in [2.24, 2.45) is 0 Å². The van der Waals surface area contributed by atoms with E-state index in [-0.39, 0.29) is 0 Å². The van der Waals surface area contributed by atoms with Gasteiger partial charge in [0.1, 0.15) is 12.6 Å². The summed E-state index contributed by atoms with van der Waals surface area (Å²) in [6, 6.07) is 0. The highest BCUT2D eigenvalue weighted by Crippen LogP contribution is 2.20. The van der Waals surface area contributed by atoms with Crippen LogP contribution in [0.25, 0.3) is 0 Å². The van der Waals surface area contributed by atoms with Gasteiger partial charge < -0.3 is 9.22 Å². The molecule has 1 aliphatic rings. The Kier molecular flexibility index (Phi) is 11.4. The minimum Gasteiger partial charge on any atom is -0.367 e. The SMILES string of the molecule is C=CC[N+](CC=C)(CCCCCCCCCCCC)CC1CO1. The van der Waals surface area contributed by atoms with Crippen molar-refractivity contribution < 1.29 is 9.22 Å². The molecule has 0 amide bonds. The van der Waals surface area contributed by atoms with Crippen molar-refractivity contribution in [2.45, 2.75) is 77.2 Å². The van der Waals surface area contributed by atoms with Gasteiger partial charge in [-0.2, -0.15) is 0 Å². The predicted octanol–water partition coefficient (Wildman–Crippen LogP) is 5.49. The second kappa shape index (κ2) is 12.8. The van der Waals surface area contributed by atoms with E-state index in [4.69, 9.17) is 4.74 Å². The zero-order chi connectivity index (χ0) is 16.8. The lowest BCUT2D eigenvalue weighted by atomic mass is 10.1. The van der Waals surface area contributed by atoms with Crippen molar-refractivity contribution in [3.63, 3.8) is 0 Å². The molecule has 0 bridgehead atoms. The lowest BCUT2D eigenvalue weighted by Crippen LogP contribution is -2.51. The third-order valence-corrected chi connectivity index (χ3v) is 5.01. The standard InChI is InChI=1S/C21H40NO/c1-4-7-8-9-10-11-12-13-14-15-18-22(16-5-2,17-6-3)19-21-20-23-21/h5-6,21H,2-4,7-20H2,1H3/q+1. The van der Waals surface area contributed by atoms with Crippen molar-refractivity contribution in [3.8, 4) is 0 Å². The fraction of sp³-hybridized carbons (Fsp3) is 0.810. The molecule has 0 saturated carbocycles. The van der Waals surface area contributed by atoms with E-state index in [0.717, 1.165) is 30.7 Å². The molecule has 0 aromatic carbocycles. The average Bonchev–Trinajstić information content (AvgIpc) is 3.33. The molecule has 1 atom stereocenters. The van der Waals surface area contributed by atoms with E-state index < -0.39 is 0 Å². The Hall–Kier alpha value is -0.600. The van der Waals surface area contributed by atoms with Gasteiger partial charge in [-0.15, -0.1) is 0 Å². The zero-order valence-corrected chi connectivity index (χ0v) is 15.6. The molecule has 134 valence electrons. The third kappa shape index (κ3) is 9.99. The van der Waals surface area contributed by atoms with E-state index >= 15 is 0 Å². The number of unbranched alkanes of at least 4 members (excludes halogenated alkanes) is 9. The van der Waals surface area contributed by atoms with Crippen molar-refractivity contribution in [1.29, 1.82) is 0 Å². The predicted molar refractivity (Wildman–Crippen MR) is 102 cm³/mol. The molecule has 1 fully saturated rings. The van der Waals surface area contributed by atoms with E-state index in [1.165, 1.54) is 70.8 Å². The molecule has 1 saturated heterocycles. The molecule has 1 aliphatic heterocycles. The fourth-order valence-electron chi connectivity index (χ4n) is 3.59. The van der Waals surface area contributed by atoms with Crippen molar-refractivity contribution >= 4 is 0 Å². The molecule has 0 N–H and O–H groups in total. The Morgan fingerprint density at radius 1 is 0.870 bits per heavy atom. The van der Waals surface area contributed by atoms with Gasteiger partial charge in [0.15, 0.2) is 0 Å². The molecule has 2 heteroatoms. The maximum Gasteiger partial charge on any atom is 0.130 e. The quantitative estimate of drug-likeness (QED) is 0.149. The van der Waals surface area contributed by atoms with Crippen LogP contribution in [0.4, 0.5) is 0 Å². The summed E-state index contributed by atoms with van der Waals surface area (Å²) in [5.74, 6) is 0. The largest absolute Gasteiger partial charge is 0.367 e. The molecule has 0 aliphatic carbocycles. The highest BCUT2D eigenvalue weighted by atomic mass is 16.6. The monoisotopic (exact) mass is 322 g/mol. The minimum absolute atomic E-state index is 0.484. The summed E-state index contributed by atoms with van der Waals surface area (Å²) < 4.78 is 6.56. The van der Waals surface area contributed by atoms with Gasteiger partial charge in [-0.05, 0) is 25.0 Å². The summed E-state index contributed by atoms with van der Waals surface area (Å²) in [5.41, 5.74) is 0. The maximum absolute atomic E-state index is 5.47. The Bertz CT molecular complexity index is 299. The highest BCUT2D eigenvalue weighted by Gasteiger charge is 2.35. The highest BCUT2D eigenvalue weighted by molar-refractivity contribution is 4.76. The molecule has 0 aromatic heterocycles. The Balaban J connectivity index is 2.11. The Morgan fingerprint density at radius 3 is 1.78 bits per heavy atom. The van der Waals surface area contributed by atoms with Gasteiger partial charge in [-0.1, -0.05) is 71.4 Å². The number of hydrogen-bond acceptors (Lipinski definition) is 1. The summed E-state index contributed by atoms with van der Waals surface area (Å²) in [6.45, 7) is 15.6. The van der Waals surface area contributed by atoms with Gasteiger partial charge in [-0.3, -0.25) is 0 Å². The van der Waals surface area contributed by atoms with Crippen LogP contribution in [-0.4, -0.2) is 43.4 Å². The first-order valence-corrected chi connectivity index (χ1v) is 9.95. The van der Waals surface area contributed by atoms with Crippen molar-refractivity contribution in [3.05, 3.63) is 25.3 Å². The molecular weight excluding hydrogens is 282 g/mol. The van der Waals surface area contributed by atoms with Crippen LogP contribution in [0.3, 0.4) is 0 Å². The second-order valence-corrected chi connectivity index (χ2v) is 7.33. The molecule has 0 aromatic rings. The first kappa shape index (κ1) is 20.4. The topological polar surface area (TPSA) is 12.5 Å². The summed E-state index contributed by atoms with van der Waals surface area (Å²) >= 11 is 0. The first-order chi connectivity index (χ1) is 11.3. The number of rotatable bonds is 17. The molecule has 2 nitrogen and oxygen atoms in total. The van der Waals surface area contributed by atoms with Gasteiger partial charge in [0.2, 0.25) is 0 Å². The van der Waals surface area contributed by atoms with Crippen LogP contribution >= 0.6 is 0 Å². The fourth-order valence-corrected chi connectivity index (χ4v) is 3.59. The van der Waals surface area contributed by atoms with E-state index in [9.17, 15) is 0 Å². The van der Waals surface area contributed by atoms with Crippen LogP contribution < -0.4 is 0 Å². The summed E-state index contributed by atoms with van der Waals surface area (Å²) in [4.78, 5) is 0. The van der Waals surface area contributed by atoms with Crippen LogP contribution in [-0.2, 0) is 4.74 Å². The number of hydrogen-bond donors (Lipinski definition) is 0. The van der Waals surface area contributed by atoms with Gasteiger partial charge in [0, 0.05) is 0 Å². The third-order valence-electron chi connectivity index (χ3n) is 5.01. The van der Waals surface area contributed by atoms with E-state index in [2.05, 4.69) is 32.2 Å². The minimum atomic E-state index is 0.484. The van der Waals surface area contributed by atoms with Crippen LogP contribution in [0.2, 0.25) is 0 Å². The van der Waals surface area contributed by atoms with Gasteiger partial charge in [-0.25, -0.2) is 0 Å². The number of nitrogens with zero attached hydrogens (tertiary/aromatic N) is 1. The molecular formula is C21H40NO+. The Labute approximate surface area is 145 Å². The lowest BCUT2D eigenvalue weighted by molar-refractivity contribution is -0.918. The van der Waals surface area contributed by atoms with Crippen LogP contribution in [0.1, 0.15) is 71.1 Å². The van der Waals surface area contributed by atoms with Gasteiger partial charge >= 0.3 is 0 Å². The van der Waals surface area contributed by atoms with E-state index in [1.807, 2.05) is 0 Å². The lowest BCUT2D eigenvalue weighted by Gasteiger charge is -2.36. The summed E-state index contributed by atoms with van der Waals surface area (Å²) in [6.07, 6.45) is 18.6. The van der Waals surface area contributed by atoms with Crippen molar-refractivity contribution in [2.75, 3.05) is 32.8 Å². The zero-order valence-electron chi connectivity index (χ0n) is 15.6. The number of quaternary nitrogens is 1. The van der Waals surface area contributed by atoms with Gasteiger partial charge in [0.05, 0.1) is 26.2 Å². The summed E-state index contributed by atoms with van der Waals surface area (Å²) in [7, 11) is 0. The maximum atomic E-state index is 5.47. The molecule has 1 heterocycles. The Morgan fingerprint density at radius 2 is 1.35 bits per heavy atom. The summed E-state index contributed by atoms with van der Waals surface area (Å²) in [5, 5.41) is 0. The molecule has 0 spiro atoms.